The van der Waals surface area contributed by atoms with Gasteiger partial charge in [-0.15, -0.1) is 0 Å². The molecule has 1 unspecified atom stereocenters. The lowest BCUT2D eigenvalue weighted by Gasteiger charge is -2.07. The van der Waals surface area contributed by atoms with Crippen LogP contribution in [0.5, 0.6) is 0 Å². The van der Waals surface area contributed by atoms with Crippen molar-refractivity contribution >= 4 is 5.97 Å². The number of ether oxygens (including phenoxy) is 2. The zero-order chi connectivity index (χ0) is 9.80. The first kappa shape index (κ1) is 9.21. The average molecular weight is 192 g/mol. The summed E-state index contributed by atoms with van der Waals surface area (Å²) >= 11 is 0. The summed E-state index contributed by atoms with van der Waals surface area (Å²) < 4.78 is 10.3. The third-order valence-electron chi connectivity index (χ3n) is 2.15. The molecular weight excluding hydrogens is 180 g/mol. The van der Waals surface area contributed by atoms with Crippen LogP contribution in [0.1, 0.15) is 12.0 Å². The molecule has 0 aromatic heterocycles. The second-order valence-electron chi connectivity index (χ2n) is 3.31. The van der Waals surface area contributed by atoms with Crippen LogP contribution >= 0.6 is 0 Å². The van der Waals surface area contributed by atoms with Gasteiger partial charge in [0.1, 0.15) is 12.7 Å². The Labute approximate surface area is 82.6 Å². The molecule has 3 nitrogen and oxygen atoms in total. The van der Waals surface area contributed by atoms with Crippen LogP contribution in [0.4, 0.5) is 0 Å². The molecule has 1 aliphatic rings. The minimum atomic E-state index is -0.164. The second-order valence-corrected chi connectivity index (χ2v) is 3.31. The summed E-state index contributed by atoms with van der Waals surface area (Å²) in [5.74, 6) is -0.164. The Kier molecular flexibility index (Phi) is 2.79. The van der Waals surface area contributed by atoms with Crippen LogP contribution in [-0.2, 0) is 20.9 Å². The van der Waals surface area contributed by atoms with Crippen LogP contribution < -0.4 is 0 Å². The van der Waals surface area contributed by atoms with Gasteiger partial charge in [-0.25, -0.2) is 0 Å². The number of hydrogen-bond donors (Lipinski definition) is 0. The topological polar surface area (TPSA) is 35.5 Å². The maximum absolute atomic E-state index is 10.8. The molecule has 0 saturated carbocycles. The molecule has 1 fully saturated rings. The number of carbonyl (C=O) groups excluding carboxylic acids is 1. The van der Waals surface area contributed by atoms with Gasteiger partial charge in [-0.05, 0) is 5.56 Å². The van der Waals surface area contributed by atoms with Gasteiger partial charge in [-0.3, -0.25) is 4.79 Å². The van der Waals surface area contributed by atoms with Crippen LogP contribution in [0.3, 0.4) is 0 Å². The molecule has 1 atom stereocenters. The van der Waals surface area contributed by atoms with Crippen LogP contribution in [0.15, 0.2) is 30.3 Å². The monoisotopic (exact) mass is 192 g/mol. The van der Waals surface area contributed by atoms with Crippen LogP contribution in [0, 0.1) is 0 Å². The highest BCUT2D eigenvalue weighted by atomic mass is 16.6. The van der Waals surface area contributed by atoms with E-state index in [1.165, 1.54) is 0 Å². The summed E-state index contributed by atoms with van der Waals surface area (Å²) in [5, 5.41) is 0. The molecule has 1 aromatic rings. The SMILES string of the molecule is O=C1CC(OCc2ccccc2)CO1. The van der Waals surface area contributed by atoms with Gasteiger partial charge in [-0.2, -0.15) is 0 Å². The van der Waals surface area contributed by atoms with E-state index in [1.54, 1.807) is 0 Å². The molecule has 0 radical (unpaired) electrons. The minimum absolute atomic E-state index is 0.0669. The van der Waals surface area contributed by atoms with E-state index in [-0.39, 0.29) is 12.1 Å². The number of hydrogen-bond acceptors (Lipinski definition) is 3. The molecule has 0 amide bonds. The standard InChI is InChI=1S/C11H12O3/c12-11-6-10(8-14-11)13-7-9-4-2-1-3-5-9/h1-5,10H,6-8H2. The molecule has 0 N–H and O–H groups in total. The molecule has 0 spiro atoms. The largest absolute Gasteiger partial charge is 0.463 e. The summed E-state index contributed by atoms with van der Waals surface area (Å²) in [4.78, 5) is 10.8. The first-order valence-corrected chi connectivity index (χ1v) is 4.66. The maximum Gasteiger partial charge on any atom is 0.308 e. The Balaban J connectivity index is 1.80. The highest BCUT2D eigenvalue weighted by molar-refractivity contribution is 5.71. The van der Waals surface area contributed by atoms with Gasteiger partial charge in [0, 0.05) is 0 Å². The zero-order valence-corrected chi connectivity index (χ0v) is 7.81. The number of benzene rings is 1. The molecule has 74 valence electrons. The molecule has 3 heteroatoms. The predicted molar refractivity (Wildman–Crippen MR) is 50.6 cm³/mol. The Morgan fingerprint density at radius 2 is 2.14 bits per heavy atom. The molecule has 1 aromatic carbocycles. The molecule has 0 bridgehead atoms. The fraction of sp³-hybridized carbons (Fsp3) is 0.364. The van der Waals surface area contributed by atoms with Crippen molar-refractivity contribution in [1.29, 1.82) is 0 Å². The average Bonchev–Trinajstić information content (AvgIpc) is 2.63. The van der Waals surface area contributed by atoms with Crippen LogP contribution in [0.2, 0.25) is 0 Å². The van der Waals surface area contributed by atoms with E-state index in [0.717, 1.165) is 5.56 Å². The number of esters is 1. The number of rotatable bonds is 3. The highest BCUT2D eigenvalue weighted by Gasteiger charge is 2.23. The van der Waals surface area contributed by atoms with Crippen molar-refractivity contribution in [3.63, 3.8) is 0 Å². The molecule has 1 heterocycles. The van der Waals surface area contributed by atoms with E-state index in [9.17, 15) is 4.79 Å². The quantitative estimate of drug-likeness (QED) is 0.681. The van der Waals surface area contributed by atoms with Crippen molar-refractivity contribution in [1.82, 2.24) is 0 Å². The summed E-state index contributed by atoms with van der Waals surface area (Å²) in [6.45, 7) is 0.938. The van der Waals surface area contributed by atoms with E-state index < -0.39 is 0 Å². The third kappa shape index (κ3) is 2.33. The van der Waals surface area contributed by atoms with Crippen molar-refractivity contribution in [2.24, 2.45) is 0 Å². The van der Waals surface area contributed by atoms with E-state index in [4.69, 9.17) is 9.47 Å². The molecule has 14 heavy (non-hydrogen) atoms. The van der Waals surface area contributed by atoms with Gasteiger partial charge in [0.05, 0.1) is 13.0 Å². The Morgan fingerprint density at radius 1 is 1.36 bits per heavy atom. The lowest BCUT2D eigenvalue weighted by Crippen LogP contribution is -2.11. The van der Waals surface area contributed by atoms with Gasteiger partial charge in [0.15, 0.2) is 0 Å². The third-order valence-corrected chi connectivity index (χ3v) is 2.15. The first-order chi connectivity index (χ1) is 6.84. The zero-order valence-electron chi connectivity index (χ0n) is 7.81. The van der Waals surface area contributed by atoms with Gasteiger partial charge in [0.25, 0.3) is 0 Å². The lowest BCUT2D eigenvalue weighted by atomic mass is 10.2. The van der Waals surface area contributed by atoms with Crippen molar-refractivity contribution in [2.75, 3.05) is 6.61 Å². The molecule has 0 aliphatic carbocycles. The normalized spacial score (nSPS) is 20.9. The van der Waals surface area contributed by atoms with Crippen LogP contribution in [0.25, 0.3) is 0 Å². The van der Waals surface area contributed by atoms with Gasteiger partial charge >= 0.3 is 5.97 Å². The second kappa shape index (κ2) is 4.24. The highest BCUT2D eigenvalue weighted by Crippen LogP contribution is 2.12. The fourth-order valence-corrected chi connectivity index (χ4v) is 1.38. The Bertz CT molecular complexity index is 308. The summed E-state index contributed by atoms with van der Waals surface area (Å²) in [6.07, 6.45) is 0.315. The van der Waals surface area contributed by atoms with Gasteiger partial charge in [0.2, 0.25) is 0 Å². The summed E-state index contributed by atoms with van der Waals surface area (Å²) in [7, 11) is 0. The predicted octanol–water partition coefficient (Wildman–Crippen LogP) is 1.52. The van der Waals surface area contributed by atoms with Crippen molar-refractivity contribution < 1.29 is 14.3 Å². The number of cyclic esters (lactones) is 1. The fourth-order valence-electron chi connectivity index (χ4n) is 1.38. The van der Waals surface area contributed by atoms with E-state index in [2.05, 4.69) is 0 Å². The lowest BCUT2D eigenvalue weighted by molar-refractivity contribution is -0.137. The number of carbonyl (C=O) groups is 1. The van der Waals surface area contributed by atoms with Crippen molar-refractivity contribution in [3.8, 4) is 0 Å². The van der Waals surface area contributed by atoms with E-state index in [1.807, 2.05) is 30.3 Å². The minimum Gasteiger partial charge on any atom is -0.463 e. The van der Waals surface area contributed by atoms with Gasteiger partial charge in [-0.1, -0.05) is 30.3 Å². The maximum atomic E-state index is 10.8. The van der Waals surface area contributed by atoms with Gasteiger partial charge < -0.3 is 9.47 Å². The molecule has 1 aliphatic heterocycles. The van der Waals surface area contributed by atoms with E-state index in [0.29, 0.717) is 19.6 Å². The Morgan fingerprint density at radius 3 is 2.79 bits per heavy atom. The first-order valence-electron chi connectivity index (χ1n) is 4.66. The van der Waals surface area contributed by atoms with Crippen molar-refractivity contribution in [2.45, 2.75) is 19.1 Å². The van der Waals surface area contributed by atoms with E-state index >= 15 is 0 Å². The van der Waals surface area contributed by atoms with Crippen molar-refractivity contribution in [3.05, 3.63) is 35.9 Å². The molecule has 2 rings (SSSR count). The summed E-state index contributed by atoms with van der Waals surface area (Å²) in [5.41, 5.74) is 1.12. The molecule has 1 saturated heterocycles. The smallest absolute Gasteiger partial charge is 0.308 e. The Hall–Kier alpha value is -1.35. The summed E-state index contributed by atoms with van der Waals surface area (Å²) in [6, 6.07) is 9.89. The van der Waals surface area contributed by atoms with Crippen LogP contribution in [-0.4, -0.2) is 18.7 Å². The molecular formula is C11H12O3.